The normalized spacial score (nSPS) is 26.8. The Balaban J connectivity index is 2.61. The van der Waals surface area contributed by atoms with Gasteiger partial charge in [0.05, 0.1) is 6.61 Å². The molecule has 84 valence electrons. The van der Waals surface area contributed by atoms with Crippen molar-refractivity contribution in [3.8, 4) is 0 Å². The number of carbonyl (C=O) groups excluding carboxylic acids is 1. The quantitative estimate of drug-likeness (QED) is 0.310. The predicted molar refractivity (Wildman–Crippen MR) is 48.5 cm³/mol. The van der Waals surface area contributed by atoms with Gasteiger partial charge in [-0.15, -0.1) is 0 Å². The topological polar surface area (TPSA) is 84.3 Å². The zero-order valence-electron chi connectivity index (χ0n) is 8.30. The molecule has 0 saturated carbocycles. The SMILES string of the molecule is CCOC(=O)C(F)[C@@H]1CCO[C@H]1N=[N+]=[N-]. The summed E-state index contributed by atoms with van der Waals surface area (Å²) in [7, 11) is 0. The van der Waals surface area contributed by atoms with Gasteiger partial charge in [0.2, 0.25) is 6.17 Å². The molecule has 0 spiro atoms. The van der Waals surface area contributed by atoms with E-state index in [0.717, 1.165) is 0 Å². The van der Waals surface area contributed by atoms with Crippen molar-refractivity contribution in [2.45, 2.75) is 25.7 Å². The second-order valence-corrected chi connectivity index (χ2v) is 3.07. The van der Waals surface area contributed by atoms with Crippen LogP contribution < -0.4 is 0 Å². The van der Waals surface area contributed by atoms with Crippen LogP contribution in [0.15, 0.2) is 5.11 Å². The lowest BCUT2D eigenvalue weighted by atomic mass is 10.0. The highest BCUT2D eigenvalue weighted by molar-refractivity contribution is 5.75. The predicted octanol–water partition coefficient (Wildman–Crippen LogP) is 1.56. The number of halogens is 1. The van der Waals surface area contributed by atoms with E-state index in [4.69, 9.17) is 10.3 Å². The minimum atomic E-state index is -1.79. The standard InChI is InChI=1S/C8H12FN3O3/c1-2-14-8(13)6(9)5-3-4-15-7(5)11-12-10/h5-7H,2-4H2,1H3/t5-,6?,7+/m0/s1. The smallest absolute Gasteiger partial charge is 0.341 e. The van der Waals surface area contributed by atoms with Gasteiger partial charge in [0.25, 0.3) is 0 Å². The molecule has 0 aromatic rings. The number of nitrogens with zero attached hydrogens (tertiary/aromatic N) is 3. The molecule has 6 nitrogen and oxygen atoms in total. The van der Waals surface area contributed by atoms with E-state index in [0.29, 0.717) is 6.42 Å². The number of hydrogen-bond donors (Lipinski definition) is 0. The summed E-state index contributed by atoms with van der Waals surface area (Å²) in [6, 6.07) is 0. The molecule has 7 heteroatoms. The molecule has 0 bridgehead atoms. The van der Waals surface area contributed by atoms with E-state index in [9.17, 15) is 9.18 Å². The summed E-state index contributed by atoms with van der Waals surface area (Å²) in [5.74, 6) is -1.66. The van der Waals surface area contributed by atoms with Crippen LogP contribution in [-0.2, 0) is 14.3 Å². The van der Waals surface area contributed by atoms with Crippen LogP contribution >= 0.6 is 0 Å². The molecule has 1 aliphatic rings. The van der Waals surface area contributed by atoms with Gasteiger partial charge < -0.3 is 9.47 Å². The minimum Gasteiger partial charge on any atom is -0.464 e. The molecule has 0 radical (unpaired) electrons. The van der Waals surface area contributed by atoms with Gasteiger partial charge in [0.1, 0.15) is 6.23 Å². The van der Waals surface area contributed by atoms with Crippen molar-refractivity contribution in [2.24, 2.45) is 11.0 Å². The van der Waals surface area contributed by atoms with Gasteiger partial charge in [0.15, 0.2) is 0 Å². The number of alkyl halides is 1. The summed E-state index contributed by atoms with van der Waals surface area (Å²) in [6.07, 6.45) is -2.35. The van der Waals surface area contributed by atoms with Gasteiger partial charge in [-0.1, -0.05) is 5.11 Å². The lowest BCUT2D eigenvalue weighted by Gasteiger charge is -2.16. The van der Waals surface area contributed by atoms with Crippen LogP contribution in [0.2, 0.25) is 0 Å². The molecule has 0 aromatic carbocycles. The number of azide groups is 1. The monoisotopic (exact) mass is 217 g/mol. The fraction of sp³-hybridized carbons (Fsp3) is 0.875. The van der Waals surface area contributed by atoms with E-state index in [1.807, 2.05) is 0 Å². The highest BCUT2D eigenvalue weighted by atomic mass is 19.1. The molecular formula is C8H12FN3O3. The number of hydrogen-bond acceptors (Lipinski definition) is 4. The molecule has 1 saturated heterocycles. The molecule has 1 aliphatic heterocycles. The molecule has 1 heterocycles. The minimum absolute atomic E-state index is 0.124. The summed E-state index contributed by atoms with van der Waals surface area (Å²) in [5.41, 5.74) is 8.21. The van der Waals surface area contributed by atoms with Gasteiger partial charge in [-0.05, 0) is 18.9 Å². The number of rotatable bonds is 4. The summed E-state index contributed by atoms with van der Waals surface area (Å²) in [6.45, 7) is 2.01. The van der Waals surface area contributed by atoms with Crippen molar-refractivity contribution in [3.63, 3.8) is 0 Å². The molecule has 0 aliphatic carbocycles. The molecular weight excluding hydrogens is 205 g/mol. The molecule has 0 aromatic heterocycles. The summed E-state index contributed by atoms with van der Waals surface area (Å²) < 4.78 is 23.0. The fourth-order valence-corrected chi connectivity index (χ4v) is 1.45. The second-order valence-electron chi connectivity index (χ2n) is 3.07. The van der Waals surface area contributed by atoms with Gasteiger partial charge in [-0.2, -0.15) is 0 Å². The van der Waals surface area contributed by atoms with E-state index in [1.54, 1.807) is 6.92 Å². The van der Waals surface area contributed by atoms with Crippen molar-refractivity contribution in [2.75, 3.05) is 13.2 Å². The average molecular weight is 217 g/mol. The Morgan fingerprint density at radius 3 is 3.20 bits per heavy atom. The van der Waals surface area contributed by atoms with Gasteiger partial charge in [-0.25, -0.2) is 9.18 Å². The first-order chi connectivity index (χ1) is 7.20. The Morgan fingerprint density at radius 2 is 2.60 bits per heavy atom. The van der Waals surface area contributed by atoms with E-state index < -0.39 is 24.3 Å². The van der Waals surface area contributed by atoms with Gasteiger partial charge >= 0.3 is 5.97 Å². The van der Waals surface area contributed by atoms with Crippen LogP contribution in [0.25, 0.3) is 10.4 Å². The first-order valence-electron chi connectivity index (χ1n) is 4.67. The first-order valence-corrected chi connectivity index (χ1v) is 4.67. The third-order valence-electron chi connectivity index (χ3n) is 2.16. The third kappa shape index (κ3) is 2.81. The van der Waals surface area contributed by atoms with Gasteiger partial charge in [-0.3, -0.25) is 0 Å². The molecule has 3 atom stereocenters. The number of carbonyl (C=O) groups is 1. The molecule has 1 rings (SSSR count). The Bertz CT molecular complexity index is 280. The molecule has 1 fully saturated rings. The van der Waals surface area contributed by atoms with Crippen LogP contribution in [0.1, 0.15) is 13.3 Å². The van der Waals surface area contributed by atoms with Crippen molar-refractivity contribution >= 4 is 5.97 Å². The largest absolute Gasteiger partial charge is 0.464 e. The van der Waals surface area contributed by atoms with Crippen LogP contribution in [0, 0.1) is 5.92 Å². The van der Waals surface area contributed by atoms with Crippen LogP contribution in [-0.4, -0.2) is 31.6 Å². The van der Waals surface area contributed by atoms with E-state index >= 15 is 0 Å². The van der Waals surface area contributed by atoms with E-state index in [-0.39, 0.29) is 13.2 Å². The zero-order valence-corrected chi connectivity index (χ0v) is 8.30. The maximum Gasteiger partial charge on any atom is 0.341 e. The fourth-order valence-electron chi connectivity index (χ4n) is 1.45. The number of ether oxygens (including phenoxy) is 2. The lowest BCUT2D eigenvalue weighted by molar-refractivity contribution is -0.152. The van der Waals surface area contributed by atoms with Crippen molar-refractivity contribution in [1.29, 1.82) is 0 Å². The molecule has 0 N–H and O–H groups in total. The second kappa shape index (κ2) is 5.53. The summed E-state index contributed by atoms with van der Waals surface area (Å²) in [4.78, 5) is 13.6. The highest BCUT2D eigenvalue weighted by Crippen LogP contribution is 2.27. The van der Waals surface area contributed by atoms with E-state index in [1.165, 1.54) is 0 Å². The Morgan fingerprint density at radius 1 is 1.87 bits per heavy atom. The molecule has 15 heavy (non-hydrogen) atoms. The summed E-state index contributed by atoms with van der Waals surface area (Å²) in [5, 5.41) is 3.28. The van der Waals surface area contributed by atoms with Crippen molar-refractivity contribution in [3.05, 3.63) is 10.4 Å². The molecule has 0 amide bonds. The zero-order chi connectivity index (χ0) is 11.3. The van der Waals surface area contributed by atoms with E-state index in [2.05, 4.69) is 14.8 Å². The Kier molecular flexibility index (Phi) is 4.33. The first kappa shape index (κ1) is 11.7. The van der Waals surface area contributed by atoms with Crippen LogP contribution in [0.5, 0.6) is 0 Å². The maximum atomic E-state index is 13.5. The van der Waals surface area contributed by atoms with Crippen molar-refractivity contribution in [1.82, 2.24) is 0 Å². The molecule has 1 unspecified atom stereocenters. The van der Waals surface area contributed by atoms with Gasteiger partial charge in [0, 0.05) is 17.4 Å². The average Bonchev–Trinajstić information content (AvgIpc) is 2.66. The van der Waals surface area contributed by atoms with Crippen LogP contribution in [0.4, 0.5) is 4.39 Å². The lowest BCUT2D eigenvalue weighted by Crippen LogP contribution is -2.31. The highest BCUT2D eigenvalue weighted by Gasteiger charge is 2.39. The Labute approximate surface area is 86.0 Å². The number of esters is 1. The third-order valence-corrected chi connectivity index (χ3v) is 2.16. The summed E-state index contributed by atoms with van der Waals surface area (Å²) >= 11 is 0. The van der Waals surface area contributed by atoms with Crippen molar-refractivity contribution < 1.29 is 18.7 Å². The maximum absolute atomic E-state index is 13.5. The Hall–Kier alpha value is -1.33. The van der Waals surface area contributed by atoms with Crippen LogP contribution in [0.3, 0.4) is 0 Å².